The third-order valence-corrected chi connectivity index (χ3v) is 7.34. The lowest BCUT2D eigenvalue weighted by Gasteiger charge is -2.17. The van der Waals surface area contributed by atoms with Crippen LogP contribution < -0.4 is 11.1 Å². The maximum atomic E-state index is 6.02. The lowest BCUT2D eigenvalue weighted by Crippen LogP contribution is -2.27. The fourth-order valence-electron chi connectivity index (χ4n) is 5.72. The predicted octanol–water partition coefficient (Wildman–Crippen LogP) is 5.28. The average Bonchev–Trinajstić information content (AvgIpc) is 3.46. The van der Waals surface area contributed by atoms with Gasteiger partial charge in [0.05, 0.1) is 10.9 Å². The van der Waals surface area contributed by atoms with Crippen molar-refractivity contribution in [3.05, 3.63) is 54.0 Å². The van der Waals surface area contributed by atoms with Crippen LogP contribution in [-0.2, 0) is 12.8 Å². The average molecular weight is 427 g/mol. The first-order chi connectivity index (χ1) is 15.4. The Bertz CT molecular complexity index is 1320. The van der Waals surface area contributed by atoms with Crippen LogP contribution in [0.4, 0.5) is 11.6 Å². The molecule has 2 aliphatic rings. The van der Waals surface area contributed by atoms with Crippen LogP contribution in [-0.4, -0.2) is 25.1 Å². The van der Waals surface area contributed by atoms with E-state index in [1.54, 1.807) is 6.33 Å². The molecule has 2 unspecified atom stereocenters. The molecule has 1 aliphatic heterocycles. The molecule has 0 saturated heterocycles. The zero-order chi connectivity index (χ0) is 21.9. The van der Waals surface area contributed by atoms with Gasteiger partial charge in [0.15, 0.2) is 0 Å². The van der Waals surface area contributed by atoms with Crippen molar-refractivity contribution in [1.29, 1.82) is 0 Å². The van der Waals surface area contributed by atoms with Crippen LogP contribution in [0.25, 0.3) is 21.9 Å². The number of aromatic nitrogens is 4. The highest BCUT2D eigenvalue weighted by Crippen LogP contribution is 2.39. The molecule has 164 valence electrons. The molecule has 32 heavy (non-hydrogen) atoms. The molecule has 0 radical (unpaired) electrons. The Kier molecular flexibility index (Phi) is 4.39. The number of aryl methyl sites for hydroxylation is 1. The maximum absolute atomic E-state index is 6.02. The number of hydrogen-bond donors (Lipinski definition) is 2. The lowest BCUT2D eigenvalue weighted by atomic mass is 9.96. The molecular weight excluding hydrogens is 396 g/mol. The molecule has 1 aromatic carbocycles. The Balaban J connectivity index is 1.14. The minimum Gasteiger partial charge on any atom is -0.383 e. The van der Waals surface area contributed by atoms with Gasteiger partial charge >= 0.3 is 0 Å². The molecule has 1 saturated carbocycles. The molecule has 6 nitrogen and oxygen atoms in total. The summed E-state index contributed by atoms with van der Waals surface area (Å²) in [6.07, 6.45) is 10.7. The Labute approximate surface area is 188 Å². The summed E-state index contributed by atoms with van der Waals surface area (Å²) in [4.78, 5) is 13.5. The molecule has 6 rings (SSSR count). The van der Waals surface area contributed by atoms with E-state index in [4.69, 9.17) is 10.7 Å². The van der Waals surface area contributed by atoms with Crippen molar-refractivity contribution in [3.63, 3.8) is 0 Å². The number of nitrogen functional groups attached to an aromatic ring is 1. The SMILES string of the molecule is CC1(C)Cc2cc3ccc(CCC4CCC(n5ccc6c(N)ncnc65)C4)cc3nc2N1. The van der Waals surface area contributed by atoms with Crippen molar-refractivity contribution in [1.82, 2.24) is 19.5 Å². The third kappa shape index (κ3) is 3.38. The van der Waals surface area contributed by atoms with E-state index in [2.05, 4.69) is 64.2 Å². The molecule has 4 heterocycles. The van der Waals surface area contributed by atoms with Crippen molar-refractivity contribution in [2.24, 2.45) is 5.92 Å². The van der Waals surface area contributed by atoms with Crippen molar-refractivity contribution in [2.45, 2.75) is 64.0 Å². The van der Waals surface area contributed by atoms with Crippen molar-refractivity contribution in [3.8, 4) is 0 Å². The summed E-state index contributed by atoms with van der Waals surface area (Å²) >= 11 is 0. The molecule has 2 atom stereocenters. The second kappa shape index (κ2) is 7.19. The van der Waals surface area contributed by atoms with Gasteiger partial charge < -0.3 is 15.6 Å². The number of nitrogens with two attached hydrogens (primary N) is 1. The van der Waals surface area contributed by atoms with Gasteiger partial charge in [0, 0.05) is 23.2 Å². The molecule has 3 N–H and O–H groups in total. The van der Waals surface area contributed by atoms with Gasteiger partial charge in [0.1, 0.15) is 23.6 Å². The standard InChI is InChI=1S/C26H30N6/c1-26(2)14-19-13-18-7-5-17(12-22(18)30-24(19)31-26)4-3-16-6-8-20(11-16)32-10-9-21-23(27)28-15-29-25(21)32/h5,7,9-10,12-13,15-16,20H,3-4,6,8,11,14H2,1-2H3,(H,30,31)(H2,27,28,29). The van der Waals surface area contributed by atoms with Gasteiger partial charge in [-0.05, 0) is 87.6 Å². The number of nitrogens with one attached hydrogen (secondary N) is 1. The largest absolute Gasteiger partial charge is 0.383 e. The van der Waals surface area contributed by atoms with Crippen LogP contribution in [0.3, 0.4) is 0 Å². The molecule has 0 spiro atoms. The molecule has 6 heteroatoms. The number of hydrogen-bond acceptors (Lipinski definition) is 5. The Morgan fingerprint density at radius 3 is 2.97 bits per heavy atom. The normalized spacial score (nSPS) is 21.8. The molecule has 4 aromatic rings. The number of benzene rings is 1. The molecule has 1 fully saturated rings. The number of rotatable bonds is 4. The quantitative estimate of drug-likeness (QED) is 0.464. The second-order valence-corrected chi connectivity index (χ2v) is 10.3. The van der Waals surface area contributed by atoms with E-state index in [0.717, 1.165) is 41.1 Å². The van der Waals surface area contributed by atoms with E-state index in [-0.39, 0.29) is 5.54 Å². The van der Waals surface area contributed by atoms with Crippen LogP contribution in [0.2, 0.25) is 0 Å². The highest BCUT2D eigenvalue weighted by atomic mass is 15.1. The van der Waals surface area contributed by atoms with Gasteiger partial charge in [-0.3, -0.25) is 0 Å². The second-order valence-electron chi connectivity index (χ2n) is 10.3. The Morgan fingerprint density at radius 2 is 2.06 bits per heavy atom. The minimum atomic E-state index is 0.0946. The first-order valence-corrected chi connectivity index (χ1v) is 11.7. The van der Waals surface area contributed by atoms with E-state index >= 15 is 0 Å². The summed E-state index contributed by atoms with van der Waals surface area (Å²) in [7, 11) is 0. The smallest absolute Gasteiger partial charge is 0.145 e. The first-order valence-electron chi connectivity index (χ1n) is 11.7. The highest BCUT2D eigenvalue weighted by molar-refractivity contribution is 5.86. The number of nitrogens with zero attached hydrogens (tertiary/aromatic N) is 4. The summed E-state index contributed by atoms with van der Waals surface area (Å²) in [5.74, 6) is 2.36. The molecule has 1 aliphatic carbocycles. The summed E-state index contributed by atoms with van der Waals surface area (Å²) in [5.41, 5.74) is 10.9. The molecule has 0 amide bonds. The summed E-state index contributed by atoms with van der Waals surface area (Å²) in [6, 6.07) is 11.7. The summed E-state index contributed by atoms with van der Waals surface area (Å²) in [5, 5.41) is 5.77. The number of pyridine rings is 1. The first kappa shape index (κ1) is 19.5. The van der Waals surface area contributed by atoms with E-state index in [9.17, 15) is 0 Å². The zero-order valence-electron chi connectivity index (χ0n) is 18.8. The maximum Gasteiger partial charge on any atom is 0.145 e. The highest BCUT2D eigenvalue weighted by Gasteiger charge is 2.29. The van der Waals surface area contributed by atoms with Crippen LogP contribution in [0.15, 0.2) is 42.9 Å². The van der Waals surface area contributed by atoms with E-state index in [0.29, 0.717) is 11.9 Å². The number of fused-ring (bicyclic) bond motifs is 3. The van der Waals surface area contributed by atoms with E-state index < -0.39 is 0 Å². The molecular formula is C26H30N6. The lowest BCUT2D eigenvalue weighted by molar-refractivity contribution is 0.461. The van der Waals surface area contributed by atoms with Crippen molar-refractivity contribution < 1.29 is 0 Å². The predicted molar refractivity (Wildman–Crippen MR) is 130 cm³/mol. The fourth-order valence-corrected chi connectivity index (χ4v) is 5.72. The van der Waals surface area contributed by atoms with Gasteiger partial charge in [-0.2, -0.15) is 0 Å². The van der Waals surface area contributed by atoms with Crippen LogP contribution in [0.1, 0.15) is 56.7 Å². The Hall–Kier alpha value is -3.15. The number of anilines is 2. The van der Waals surface area contributed by atoms with Gasteiger partial charge in [0.2, 0.25) is 0 Å². The van der Waals surface area contributed by atoms with Crippen molar-refractivity contribution >= 4 is 33.6 Å². The van der Waals surface area contributed by atoms with Crippen LogP contribution in [0, 0.1) is 5.92 Å². The van der Waals surface area contributed by atoms with Gasteiger partial charge in [-0.15, -0.1) is 0 Å². The van der Waals surface area contributed by atoms with Crippen LogP contribution >= 0.6 is 0 Å². The minimum absolute atomic E-state index is 0.0946. The molecule has 3 aromatic heterocycles. The Morgan fingerprint density at radius 1 is 1.16 bits per heavy atom. The summed E-state index contributed by atoms with van der Waals surface area (Å²) < 4.78 is 2.31. The topological polar surface area (TPSA) is 81.7 Å². The fraction of sp³-hybridized carbons (Fsp3) is 0.423. The van der Waals surface area contributed by atoms with Crippen molar-refractivity contribution in [2.75, 3.05) is 11.1 Å². The third-order valence-electron chi connectivity index (χ3n) is 7.34. The van der Waals surface area contributed by atoms with Gasteiger partial charge in [-0.25, -0.2) is 15.0 Å². The summed E-state index contributed by atoms with van der Waals surface area (Å²) in [6.45, 7) is 4.47. The molecule has 0 bridgehead atoms. The van der Waals surface area contributed by atoms with E-state index in [1.807, 2.05) is 6.07 Å². The van der Waals surface area contributed by atoms with E-state index in [1.165, 1.54) is 42.2 Å². The monoisotopic (exact) mass is 426 g/mol. The zero-order valence-corrected chi connectivity index (χ0v) is 18.8. The van der Waals surface area contributed by atoms with Gasteiger partial charge in [-0.1, -0.05) is 12.1 Å². The van der Waals surface area contributed by atoms with Gasteiger partial charge in [0.25, 0.3) is 0 Å². The van der Waals surface area contributed by atoms with Crippen LogP contribution in [0.5, 0.6) is 0 Å².